The molecule has 2 aromatic carbocycles. The Morgan fingerprint density at radius 3 is 2.48 bits per heavy atom. The van der Waals surface area contributed by atoms with Gasteiger partial charge in [-0.3, -0.25) is 4.79 Å². The van der Waals surface area contributed by atoms with E-state index in [-0.39, 0.29) is 16.8 Å². The molecule has 2 aromatic rings. The van der Waals surface area contributed by atoms with Crippen molar-refractivity contribution in [3.05, 3.63) is 65.2 Å². The maximum atomic E-state index is 13.9. The molecule has 2 N–H and O–H groups in total. The largest absolute Gasteiger partial charge is 0.481 e. The quantitative estimate of drug-likeness (QED) is 0.823. The van der Waals surface area contributed by atoms with E-state index in [4.69, 9.17) is 0 Å². The minimum atomic E-state index is -1.16. The minimum Gasteiger partial charge on any atom is -0.481 e. The van der Waals surface area contributed by atoms with Gasteiger partial charge in [-0.15, -0.1) is 0 Å². The molecule has 21 heavy (non-hydrogen) atoms. The van der Waals surface area contributed by atoms with Crippen LogP contribution in [-0.4, -0.2) is 17.3 Å². The Kier molecular flexibility index (Phi) is 4.80. The van der Waals surface area contributed by atoms with E-state index in [1.54, 1.807) is 6.26 Å². The third kappa shape index (κ3) is 3.52. The van der Waals surface area contributed by atoms with E-state index in [1.807, 2.05) is 0 Å². The second-order valence-electron chi connectivity index (χ2n) is 4.37. The maximum absolute atomic E-state index is 13.9. The number of nitrogens with one attached hydrogen (secondary N) is 1. The average molecular weight is 309 g/mol. The molecule has 110 valence electrons. The summed E-state index contributed by atoms with van der Waals surface area (Å²) in [6.45, 7) is 0. The molecule has 0 aliphatic carbocycles. The molecular formula is C15H13F2NO2S. The summed E-state index contributed by atoms with van der Waals surface area (Å²) in [6, 6.07) is 9.46. The predicted molar refractivity (Wildman–Crippen MR) is 79.4 cm³/mol. The Morgan fingerprint density at radius 1 is 1.19 bits per heavy atom. The average Bonchev–Trinajstić information content (AvgIpc) is 2.42. The van der Waals surface area contributed by atoms with E-state index >= 15 is 0 Å². The molecule has 0 aromatic heterocycles. The zero-order valence-electron chi connectivity index (χ0n) is 11.1. The molecule has 0 spiro atoms. The van der Waals surface area contributed by atoms with Crippen LogP contribution in [0.2, 0.25) is 0 Å². The second kappa shape index (κ2) is 6.58. The standard InChI is InChI=1S/C15H13F2NO2S/c1-21-18-13-6-5-10(8-12(13)17)14(15(19)20)9-3-2-4-11(16)7-9/h2-8,14,18H,1H3,(H,19,20). The van der Waals surface area contributed by atoms with Crippen LogP contribution < -0.4 is 4.72 Å². The van der Waals surface area contributed by atoms with Crippen molar-refractivity contribution < 1.29 is 18.7 Å². The summed E-state index contributed by atoms with van der Waals surface area (Å²) in [7, 11) is 0. The molecular weight excluding hydrogens is 296 g/mol. The first-order chi connectivity index (χ1) is 10.0. The van der Waals surface area contributed by atoms with Gasteiger partial charge in [-0.2, -0.15) is 0 Å². The van der Waals surface area contributed by atoms with E-state index in [0.29, 0.717) is 0 Å². The number of halogens is 2. The van der Waals surface area contributed by atoms with Gasteiger partial charge in [0.2, 0.25) is 0 Å². The number of benzene rings is 2. The number of aliphatic carboxylic acids is 1. The van der Waals surface area contributed by atoms with E-state index in [0.717, 1.165) is 12.1 Å². The van der Waals surface area contributed by atoms with E-state index in [9.17, 15) is 18.7 Å². The Balaban J connectivity index is 2.44. The Labute approximate surface area is 125 Å². The molecule has 0 aliphatic heterocycles. The van der Waals surface area contributed by atoms with Gasteiger partial charge in [-0.25, -0.2) is 8.78 Å². The summed E-state index contributed by atoms with van der Waals surface area (Å²) >= 11 is 1.23. The Hall–Kier alpha value is -2.08. The van der Waals surface area contributed by atoms with E-state index < -0.39 is 23.5 Å². The third-order valence-corrected chi connectivity index (χ3v) is 3.39. The minimum absolute atomic E-state index is 0.261. The van der Waals surface area contributed by atoms with Crippen LogP contribution in [0.25, 0.3) is 0 Å². The first-order valence-corrected chi connectivity index (χ1v) is 7.32. The summed E-state index contributed by atoms with van der Waals surface area (Å²) in [5, 5.41) is 9.37. The van der Waals surface area contributed by atoms with Crippen molar-refractivity contribution in [1.29, 1.82) is 0 Å². The van der Waals surface area contributed by atoms with Crippen molar-refractivity contribution in [1.82, 2.24) is 0 Å². The molecule has 0 aliphatic rings. The summed E-state index contributed by atoms with van der Waals surface area (Å²) in [6.07, 6.45) is 1.75. The number of carboxylic acids is 1. The first-order valence-electron chi connectivity index (χ1n) is 6.09. The number of carboxylic acid groups (broad SMARTS) is 1. The number of rotatable bonds is 5. The highest BCUT2D eigenvalue weighted by Gasteiger charge is 2.23. The molecule has 3 nitrogen and oxygen atoms in total. The number of anilines is 1. The molecule has 0 fully saturated rings. The van der Waals surface area contributed by atoms with Gasteiger partial charge in [-0.1, -0.05) is 30.1 Å². The monoisotopic (exact) mass is 309 g/mol. The number of carbonyl (C=O) groups is 1. The topological polar surface area (TPSA) is 49.3 Å². The lowest BCUT2D eigenvalue weighted by atomic mass is 9.91. The molecule has 0 bridgehead atoms. The van der Waals surface area contributed by atoms with Crippen LogP contribution in [0, 0.1) is 11.6 Å². The lowest BCUT2D eigenvalue weighted by Crippen LogP contribution is -2.13. The highest BCUT2D eigenvalue weighted by atomic mass is 32.2. The van der Waals surface area contributed by atoms with Crippen LogP contribution in [-0.2, 0) is 4.79 Å². The van der Waals surface area contributed by atoms with Gasteiger partial charge in [0.05, 0.1) is 5.69 Å². The maximum Gasteiger partial charge on any atom is 0.315 e. The van der Waals surface area contributed by atoms with Crippen molar-refractivity contribution >= 4 is 23.6 Å². The lowest BCUT2D eigenvalue weighted by Gasteiger charge is -2.14. The van der Waals surface area contributed by atoms with Crippen molar-refractivity contribution in [2.24, 2.45) is 0 Å². The molecule has 0 saturated heterocycles. The van der Waals surface area contributed by atoms with E-state index in [1.165, 1.54) is 42.3 Å². The number of hydrogen-bond donors (Lipinski definition) is 2. The molecule has 0 saturated carbocycles. The SMILES string of the molecule is CSNc1ccc(C(C(=O)O)c2cccc(F)c2)cc1F. The van der Waals surface area contributed by atoms with Gasteiger partial charge >= 0.3 is 5.97 Å². The van der Waals surface area contributed by atoms with Gasteiger partial charge in [0.1, 0.15) is 17.6 Å². The summed E-state index contributed by atoms with van der Waals surface area (Å²) in [5.41, 5.74) is 0.805. The summed E-state index contributed by atoms with van der Waals surface area (Å²) in [4.78, 5) is 11.5. The zero-order chi connectivity index (χ0) is 15.4. The van der Waals surface area contributed by atoms with Crippen molar-refractivity contribution in [2.45, 2.75) is 5.92 Å². The molecule has 1 unspecified atom stereocenters. The summed E-state index contributed by atoms with van der Waals surface area (Å²) in [5.74, 6) is -3.35. The van der Waals surface area contributed by atoms with Crippen molar-refractivity contribution in [3.63, 3.8) is 0 Å². The van der Waals surface area contributed by atoms with Gasteiger partial charge in [-0.05, 0) is 35.4 Å². The highest BCUT2D eigenvalue weighted by molar-refractivity contribution is 7.99. The molecule has 6 heteroatoms. The zero-order valence-corrected chi connectivity index (χ0v) is 12.0. The van der Waals surface area contributed by atoms with E-state index in [2.05, 4.69) is 4.72 Å². The highest BCUT2D eigenvalue weighted by Crippen LogP contribution is 2.28. The van der Waals surface area contributed by atoms with Gasteiger partial charge in [0.25, 0.3) is 0 Å². The molecule has 0 amide bonds. The van der Waals surface area contributed by atoms with Crippen LogP contribution in [0.1, 0.15) is 17.0 Å². The van der Waals surface area contributed by atoms with Gasteiger partial charge in [0.15, 0.2) is 0 Å². The van der Waals surface area contributed by atoms with Crippen molar-refractivity contribution in [2.75, 3.05) is 11.0 Å². The molecule has 1 atom stereocenters. The molecule has 0 heterocycles. The van der Waals surface area contributed by atoms with Crippen LogP contribution in [0.4, 0.5) is 14.5 Å². The Morgan fingerprint density at radius 2 is 1.90 bits per heavy atom. The lowest BCUT2D eigenvalue weighted by molar-refractivity contribution is -0.137. The molecule has 2 rings (SSSR count). The van der Waals surface area contributed by atoms with Crippen LogP contribution >= 0.6 is 11.9 Å². The number of hydrogen-bond acceptors (Lipinski definition) is 3. The van der Waals surface area contributed by atoms with Gasteiger partial charge < -0.3 is 9.83 Å². The fourth-order valence-electron chi connectivity index (χ4n) is 2.07. The van der Waals surface area contributed by atoms with Crippen LogP contribution in [0.15, 0.2) is 42.5 Å². The predicted octanol–water partition coefficient (Wildman–Crippen LogP) is 3.87. The fraction of sp³-hybridized carbons (Fsp3) is 0.133. The van der Waals surface area contributed by atoms with Crippen LogP contribution in [0.3, 0.4) is 0 Å². The third-order valence-electron chi connectivity index (χ3n) is 2.97. The summed E-state index contributed by atoms with van der Waals surface area (Å²) < 4.78 is 29.9. The smallest absolute Gasteiger partial charge is 0.315 e. The normalized spacial score (nSPS) is 12.0. The van der Waals surface area contributed by atoms with Gasteiger partial charge in [0, 0.05) is 6.26 Å². The molecule has 0 radical (unpaired) electrons. The Bertz CT molecular complexity index is 664. The fourth-order valence-corrected chi connectivity index (χ4v) is 2.45. The second-order valence-corrected chi connectivity index (χ2v) is 4.98. The van der Waals surface area contributed by atoms with Crippen LogP contribution in [0.5, 0.6) is 0 Å². The van der Waals surface area contributed by atoms with Crippen molar-refractivity contribution in [3.8, 4) is 0 Å². The first kappa shape index (κ1) is 15.3.